The number of aromatic nitrogens is 1. The Morgan fingerprint density at radius 2 is 1.93 bits per heavy atom. The molecular weight excluding hydrogens is 398 g/mol. The maximum absolute atomic E-state index is 13.1. The van der Waals surface area contributed by atoms with Crippen LogP contribution in [0, 0.1) is 13.8 Å². The van der Waals surface area contributed by atoms with Crippen molar-refractivity contribution < 1.29 is 14.3 Å². The summed E-state index contributed by atoms with van der Waals surface area (Å²) in [6, 6.07) is 13.5. The third kappa shape index (κ3) is 3.48. The highest BCUT2D eigenvalue weighted by Crippen LogP contribution is 2.27. The molecule has 1 aliphatic rings. The second-order valence-electron chi connectivity index (χ2n) is 7.20. The van der Waals surface area contributed by atoms with E-state index in [9.17, 15) is 9.59 Å². The number of hydrogen-bond acceptors (Lipinski definition) is 4. The first kappa shape index (κ1) is 19.8. The van der Waals surface area contributed by atoms with Crippen molar-refractivity contribution in [2.24, 2.45) is 0 Å². The van der Waals surface area contributed by atoms with Gasteiger partial charge in [-0.15, -0.1) is 0 Å². The Bertz CT molecular complexity index is 1230. The van der Waals surface area contributed by atoms with Gasteiger partial charge in [0.2, 0.25) is 0 Å². The van der Waals surface area contributed by atoms with Crippen LogP contribution in [-0.2, 0) is 20.9 Å². The van der Waals surface area contributed by atoms with Crippen molar-refractivity contribution in [3.05, 3.63) is 71.0 Å². The van der Waals surface area contributed by atoms with E-state index in [1.165, 1.54) is 12.0 Å². The van der Waals surface area contributed by atoms with Gasteiger partial charge in [-0.25, -0.2) is 0 Å². The van der Waals surface area contributed by atoms with Gasteiger partial charge in [0.25, 0.3) is 5.91 Å². The lowest BCUT2D eigenvalue weighted by molar-refractivity contribution is -0.141. The van der Waals surface area contributed by atoms with Crippen LogP contribution in [0.15, 0.2) is 54.4 Å². The van der Waals surface area contributed by atoms with Gasteiger partial charge in [-0.1, -0.05) is 24.3 Å². The number of hydrogen-bond donors (Lipinski definition) is 1. The highest BCUT2D eigenvalue weighted by Gasteiger charge is 2.32. The Morgan fingerprint density at radius 3 is 2.67 bits per heavy atom. The number of methoxy groups -OCH3 is 1. The minimum Gasteiger partial charge on any atom is -0.468 e. The molecule has 0 aliphatic carbocycles. The molecule has 1 N–H and O–H groups in total. The third-order valence-corrected chi connectivity index (χ3v) is 5.56. The number of esters is 1. The summed E-state index contributed by atoms with van der Waals surface area (Å²) in [4.78, 5) is 26.4. The van der Waals surface area contributed by atoms with E-state index < -0.39 is 0 Å². The molecule has 2 heterocycles. The number of fused-ring (bicyclic) bond motifs is 1. The summed E-state index contributed by atoms with van der Waals surface area (Å²) in [5.41, 5.74) is 5.06. The van der Waals surface area contributed by atoms with Gasteiger partial charge in [0.05, 0.1) is 12.8 Å². The Labute approximate surface area is 179 Å². The number of ether oxygens (including phenoxy) is 1. The number of nitrogens with zero attached hydrogens (tertiary/aromatic N) is 2. The molecule has 0 unspecified atom stereocenters. The second kappa shape index (κ2) is 7.76. The SMILES string of the molecule is COC(=O)Cn1cc(/C=C2\NC(=S)N(c3ccc(C)c(C)c3)C2=O)c2ccccc21. The first-order valence-electron chi connectivity index (χ1n) is 9.48. The van der Waals surface area contributed by atoms with Crippen molar-refractivity contribution in [1.82, 2.24) is 9.88 Å². The van der Waals surface area contributed by atoms with E-state index >= 15 is 0 Å². The molecule has 30 heavy (non-hydrogen) atoms. The molecule has 7 heteroatoms. The Hall–Kier alpha value is -3.45. The van der Waals surface area contributed by atoms with E-state index in [-0.39, 0.29) is 18.4 Å². The van der Waals surface area contributed by atoms with Crippen LogP contribution in [0.4, 0.5) is 5.69 Å². The van der Waals surface area contributed by atoms with E-state index in [2.05, 4.69) is 5.32 Å². The van der Waals surface area contributed by atoms with Crippen molar-refractivity contribution >= 4 is 51.9 Å². The number of aryl methyl sites for hydroxylation is 2. The van der Waals surface area contributed by atoms with Gasteiger partial charge >= 0.3 is 5.97 Å². The Balaban J connectivity index is 1.72. The minimum absolute atomic E-state index is 0.0920. The highest BCUT2D eigenvalue weighted by atomic mass is 32.1. The fourth-order valence-corrected chi connectivity index (χ4v) is 3.81. The van der Waals surface area contributed by atoms with Gasteiger partial charge in [-0.3, -0.25) is 14.5 Å². The molecule has 0 saturated carbocycles. The predicted molar refractivity (Wildman–Crippen MR) is 121 cm³/mol. The van der Waals surface area contributed by atoms with E-state index in [4.69, 9.17) is 17.0 Å². The quantitative estimate of drug-likeness (QED) is 0.397. The summed E-state index contributed by atoms with van der Waals surface area (Å²) in [7, 11) is 1.36. The number of amides is 1. The topological polar surface area (TPSA) is 63.6 Å². The number of benzene rings is 2. The summed E-state index contributed by atoms with van der Waals surface area (Å²) in [6.07, 6.45) is 3.61. The van der Waals surface area contributed by atoms with Crippen LogP contribution < -0.4 is 10.2 Å². The molecule has 4 rings (SSSR count). The second-order valence-corrected chi connectivity index (χ2v) is 7.59. The van der Waals surface area contributed by atoms with Gasteiger partial charge in [0.1, 0.15) is 12.2 Å². The molecule has 152 valence electrons. The fourth-order valence-electron chi connectivity index (χ4n) is 3.51. The van der Waals surface area contributed by atoms with E-state index in [0.29, 0.717) is 10.8 Å². The van der Waals surface area contributed by atoms with Crippen LogP contribution in [0.2, 0.25) is 0 Å². The molecule has 1 aromatic heterocycles. The minimum atomic E-state index is -0.341. The van der Waals surface area contributed by atoms with Gasteiger partial charge in [0.15, 0.2) is 5.11 Å². The molecule has 1 saturated heterocycles. The van der Waals surface area contributed by atoms with Crippen LogP contribution >= 0.6 is 12.2 Å². The highest BCUT2D eigenvalue weighted by molar-refractivity contribution is 7.80. The molecule has 2 aromatic carbocycles. The van der Waals surface area contributed by atoms with Gasteiger partial charge < -0.3 is 14.6 Å². The summed E-state index contributed by atoms with van der Waals surface area (Å²) in [5, 5.41) is 4.30. The van der Waals surface area contributed by atoms with E-state index in [1.807, 2.05) is 67.1 Å². The smallest absolute Gasteiger partial charge is 0.325 e. The van der Waals surface area contributed by atoms with Crippen LogP contribution in [0.25, 0.3) is 17.0 Å². The maximum Gasteiger partial charge on any atom is 0.325 e. The van der Waals surface area contributed by atoms with Crippen LogP contribution in [0.1, 0.15) is 16.7 Å². The predicted octanol–water partition coefficient (Wildman–Crippen LogP) is 3.69. The van der Waals surface area contributed by atoms with Crippen LogP contribution in [0.5, 0.6) is 0 Å². The summed E-state index contributed by atoms with van der Waals surface area (Å²) in [5.74, 6) is -0.555. The first-order valence-corrected chi connectivity index (χ1v) is 9.89. The molecule has 0 bridgehead atoms. The number of thiocarbonyl (C=S) groups is 1. The molecule has 0 atom stereocenters. The lowest BCUT2D eigenvalue weighted by Gasteiger charge is -2.15. The molecule has 0 spiro atoms. The normalized spacial score (nSPS) is 15.2. The lowest BCUT2D eigenvalue weighted by Crippen LogP contribution is -2.30. The number of rotatable bonds is 4. The molecule has 6 nitrogen and oxygen atoms in total. The zero-order valence-corrected chi connectivity index (χ0v) is 17.7. The zero-order chi connectivity index (χ0) is 21.4. The third-order valence-electron chi connectivity index (χ3n) is 5.27. The van der Waals surface area contributed by atoms with Gasteiger partial charge in [0, 0.05) is 22.7 Å². The van der Waals surface area contributed by atoms with E-state index in [0.717, 1.165) is 33.3 Å². The maximum atomic E-state index is 13.1. The van der Waals surface area contributed by atoms with E-state index in [1.54, 1.807) is 6.08 Å². The number of carbonyl (C=O) groups is 2. The molecule has 0 radical (unpaired) electrons. The van der Waals surface area contributed by atoms with Crippen molar-refractivity contribution in [3.8, 4) is 0 Å². The lowest BCUT2D eigenvalue weighted by atomic mass is 10.1. The molecule has 1 fully saturated rings. The van der Waals surface area contributed by atoms with Crippen molar-refractivity contribution in [3.63, 3.8) is 0 Å². The van der Waals surface area contributed by atoms with Gasteiger partial charge in [-0.2, -0.15) is 0 Å². The summed E-state index contributed by atoms with van der Waals surface area (Å²) in [6.45, 7) is 4.12. The largest absolute Gasteiger partial charge is 0.468 e. The molecule has 1 aliphatic heterocycles. The number of anilines is 1. The summed E-state index contributed by atoms with van der Waals surface area (Å²) >= 11 is 5.43. The molecule has 1 amide bonds. The first-order chi connectivity index (χ1) is 14.4. The number of para-hydroxylation sites is 1. The molecule has 3 aromatic rings. The molecular formula is C23H21N3O3S. The van der Waals surface area contributed by atoms with Crippen LogP contribution in [-0.4, -0.2) is 28.7 Å². The average Bonchev–Trinajstić information content (AvgIpc) is 3.21. The Kier molecular flexibility index (Phi) is 5.13. The number of nitrogens with one attached hydrogen (secondary N) is 1. The van der Waals surface area contributed by atoms with Gasteiger partial charge in [-0.05, 0) is 61.5 Å². The standard InChI is InChI=1S/C23H21N3O3S/c1-14-8-9-17(10-15(14)2)26-22(28)19(24-23(26)30)11-16-12-25(13-21(27)29-3)20-7-5-4-6-18(16)20/h4-12H,13H2,1-3H3,(H,24,30)/b19-11-. The van der Waals surface area contributed by atoms with Crippen LogP contribution in [0.3, 0.4) is 0 Å². The van der Waals surface area contributed by atoms with Crippen molar-refractivity contribution in [2.45, 2.75) is 20.4 Å². The van der Waals surface area contributed by atoms with Crippen molar-refractivity contribution in [2.75, 3.05) is 12.0 Å². The zero-order valence-electron chi connectivity index (χ0n) is 16.9. The average molecular weight is 420 g/mol. The number of carbonyl (C=O) groups excluding carboxylic acids is 2. The van der Waals surface area contributed by atoms with Crippen molar-refractivity contribution in [1.29, 1.82) is 0 Å². The monoisotopic (exact) mass is 419 g/mol. The summed E-state index contributed by atoms with van der Waals surface area (Å²) < 4.78 is 6.60. The Morgan fingerprint density at radius 1 is 1.17 bits per heavy atom. The fraction of sp³-hybridized carbons (Fsp3) is 0.174.